The van der Waals surface area contributed by atoms with Crippen LogP contribution in [-0.2, 0) is 14.9 Å². The van der Waals surface area contributed by atoms with Gasteiger partial charge in [-0.25, -0.2) is 0 Å². The van der Waals surface area contributed by atoms with Crippen LogP contribution >= 0.6 is 0 Å². The summed E-state index contributed by atoms with van der Waals surface area (Å²) in [5.41, 5.74) is 6.26. The Morgan fingerprint density at radius 1 is 1.30 bits per heavy atom. The highest BCUT2D eigenvalue weighted by Gasteiger charge is 2.36. The van der Waals surface area contributed by atoms with E-state index in [0.717, 1.165) is 11.1 Å². The van der Waals surface area contributed by atoms with Gasteiger partial charge in [-0.3, -0.25) is 4.79 Å². The van der Waals surface area contributed by atoms with Crippen molar-refractivity contribution >= 4 is 5.97 Å². The highest BCUT2D eigenvalue weighted by atomic mass is 16.5. The Morgan fingerprint density at radius 2 is 1.95 bits per heavy atom. The van der Waals surface area contributed by atoms with E-state index in [2.05, 4.69) is 0 Å². The van der Waals surface area contributed by atoms with Gasteiger partial charge in [0.1, 0.15) is 5.41 Å². The second-order valence-corrected chi connectivity index (χ2v) is 6.37. The molecule has 1 atom stereocenters. The summed E-state index contributed by atoms with van der Waals surface area (Å²) in [4.78, 5) is 11.7. The van der Waals surface area contributed by atoms with Crippen LogP contribution in [0.4, 0.5) is 0 Å². The van der Waals surface area contributed by atoms with Crippen LogP contribution in [0.25, 0.3) is 0 Å². The molecule has 0 spiro atoms. The number of aliphatic carboxylic acids is 1. The largest absolute Gasteiger partial charge is 0.481 e. The number of carboxylic acids is 1. The van der Waals surface area contributed by atoms with Gasteiger partial charge in [0, 0.05) is 5.41 Å². The molecule has 0 aliphatic heterocycles. The molecule has 0 aromatic heterocycles. The zero-order valence-corrected chi connectivity index (χ0v) is 12.8. The molecule has 0 radical (unpaired) electrons. The van der Waals surface area contributed by atoms with Crippen LogP contribution < -0.4 is 5.73 Å². The van der Waals surface area contributed by atoms with E-state index in [9.17, 15) is 9.90 Å². The van der Waals surface area contributed by atoms with Gasteiger partial charge in [-0.05, 0) is 26.0 Å². The highest BCUT2D eigenvalue weighted by molar-refractivity contribution is 5.81. The monoisotopic (exact) mass is 279 g/mol. The van der Waals surface area contributed by atoms with Crippen molar-refractivity contribution in [2.45, 2.75) is 33.1 Å². The fraction of sp³-hybridized carbons (Fsp3) is 0.562. The van der Waals surface area contributed by atoms with Gasteiger partial charge in [-0.15, -0.1) is 0 Å². The molecule has 0 saturated carbocycles. The van der Waals surface area contributed by atoms with E-state index in [-0.39, 0.29) is 12.0 Å². The summed E-state index contributed by atoms with van der Waals surface area (Å²) in [6, 6.07) is 7.55. The topological polar surface area (TPSA) is 72.5 Å². The number of benzene rings is 1. The SMILES string of the molecule is Cc1cccc(C(C)(COCC(C)(C)CN)C(=O)O)c1. The minimum Gasteiger partial charge on any atom is -0.481 e. The Bertz CT molecular complexity index is 471. The van der Waals surface area contributed by atoms with E-state index in [1.54, 1.807) is 6.92 Å². The molecular weight excluding hydrogens is 254 g/mol. The van der Waals surface area contributed by atoms with Crippen LogP contribution in [0.2, 0.25) is 0 Å². The summed E-state index contributed by atoms with van der Waals surface area (Å²) in [5, 5.41) is 9.56. The van der Waals surface area contributed by atoms with Gasteiger partial charge in [0.05, 0.1) is 13.2 Å². The Kier molecular flexibility index (Phi) is 5.31. The third-order valence-corrected chi connectivity index (χ3v) is 3.56. The first-order chi connectivity index (χ1) is 9.21. The first-order valence-electron chi connectivity index (χ1n) is 6.80. The number of carboxylic acid groups (broad SMARTS) is 1. The van der Waals surface area contributed by atoms with Gasteiger partial charge < -0.3 is 15.6 Å². The molecule has 20 heavy (non-hydrogen) atoms. The maximum Gasteiger partial charge on any atom is 0.316 e. The predicted octanol–water partition coefficient (Wildman–Crippen LogP) is 2.34. The zero-order valence-electron chi connectivity index (χ0n) is 12.8. The van der Waals surface area contributed by atoms with Crippen molar-refractivity contribution in [2.24, 2.45) is 11.1 Å². The second-order valence-electron chi connectivity index (χ2n) is 6.37. The Morgan fingerprint density at radius 3 is 2.45 bits per heavy atom. The molecule has 4 nitrogen and oxygen atoms in total. The molecule has 112 valence electrons. The van der Waals surface area contributed by atoms with Crippen LogP contribution in [0.3, 0.4) is 0 Å². The molecule has 0 saturated heterocycles. The molecule has 1 aromatic rings. The average Bonchev–Trinajstić information content (AvgIpc) is 2.38. The first kappa shape index (κ1) is 16.7. The summed E-state index contributed by atoms with van der Waals surface area (Å²) in [7, 11) is 0. The Balaban J connectivity index is 2.86. The molecule has 3 N–H and O–H groups in total. The van der Waals surface area contributed by atoms with E-state index < -0.39 is 11.4 Å². The van der Waals surface area contributed by atoms with Crippen molar-refractivity contribution in [3.63, 3.8) is 0 Å². The molecule has 0 aliphatic carbocycles. The van der Waals surface area contributed by atoms with Gasteiger partial charge in [-0.1, -0.05) is 43.7 Å². The normalized spacial score (nSPS) is 14.8. The van der Waals surface area contributed by atoms with Crippen molar-refractivity contribution in [1.29, 1.82) is 0 Å². The highest BCUT2D eigenvalue weighted by Crippen LogP contribution is 2.26. The average molecular weight is 279 g/mol. The van der Waals surface area contributed by atoms with Crippen LogP contribution in [-0.4, -0.2) is 30.8 Å². The summed E-state index contributed by atoms with van der Waals surface area (Å²) in [6.45, 7) is 8.72. The molecule has 0 bridgehead atoms. The third kappa shape index (κ3) is 4.05. The van der Waals surface area contributed by atoms with E-state index in [0.29, 0.717) is 13.2 Å². The van der Waals surface area contributed by atoms with Crippen LogP contribution in [0.5, 0.6) is 0 Å². The molecule has 1 aromatic carbocycles. The third-order valence-electron chi connectivity index (χ3n) is 3.56. The predicted molar refractivity (Wildman–Crippen MR) is 79.8 cm³/mol. The number of carbonyl (C=O) groups is 1. The lowest BCUT2D eigenvalue weighted by Gasteiger charge is -2.28. The van der Waals surface area contributed by atoms with Gasteiger partial charge in [0.25, 0.3) is 0 Å². The zero-order chi connectivity index (χ0) is 15.4. The summed E-state index contributed by atoms with van der Waals surface area (Å²) >= 11 is 0. The smallest absolute Gasteiger partial charge is 0.316 e. The van der Waals surface area contributed by atoms with E-state index in [1.807, 2.05) is 45.0 Å². The van der Waals surface area contributed by atoms with Gasteiger partial charge in [0.15, 0.2) is 0 Å². The standard InChI is InChI=1S/C16H25NO3/c1-12-6-5-7-13(8-12)16(4,14(18)19)11-20-10-15(2,3)9-17/h5-8H,9-11,17H2,1-4H3,(H,18,19). The number of nitrogens with two attached hydrogens (primary N) is 1. The van der Waals surface area contributed by atoms with Crippen LogP contribution in [0, 0.1) is 12.3 Å². The molecule has 1 unspecified atom stereocenters. The maximum atomic E-state index is 11.7. The molecule has 0 amide bonds. The Hall–Kier alpha value is -1.39. The van der Waals surface area contributed by atoms with Crippen molar-refractivity contribution in [2.75, 3.05) is 19.8 Å². The molecule has 0 aliphatic rings. The Labute approximate surface area is 120 Å². The fourth-order valence-electron chi connectivity index (χ4n) is 1.85. The molecule has 0 heterocycles. The van der Waals surface area contributed by atoms with Crippen LogP contribution in [0.15, 0.2) is 24.3 Å². The second kappa shape index (κ2) is 6.37. The number of hydrogen-bond donors (Lipinski definition) is 2. The fourth-order valence-corrected chi connectivity index (χ4v) is 1.85. The lowest BCUT2D eigenvalue weighted by Crippen LogP contribution is -2.39. The van der Waals surface area contributed by atoms with Crippen molar-refractivity contribution < 1.29 is 14.6 Å². The summed E-state index contributed by atoms with van der Waals surface area (Å²) in [5.74, 6) is -0.881. The summed E-state index contributed by atoms with van der Waals surface area (Å²) in [6.07, 6.45) is 0. The molecular formula is C16H25NO3. The minimum absolute atomic E-state index is 0.134. The van der Waals surface area contributed by atoms with Gasteiger partial charge in [-0.2, -0.15) is 0 Å². The minimum atomic E-state index is -1.04. The first-order valence-corrected chi connectivity index (χ1v) is 6.80. The quantitative estimate of drug-likeness (QED) is 0.803. The number of aryl methyl sites for hydroxylation is 1. The molecule has 1 rings (SSSR count). The lowest BCUT2D eigenvalue weighted by atomic mass is 9.82. The summed E-state index contributed by atoms with van der Waals surface area (Å²) < 4.78 is 5.65. The van der Waals surface area contributed by atoms with E-state index in [1.165, 1.54) is 0 Å². The van der Waals surface area contributed by atoms with E-state index >= 15 is 0 Å². The van der Waals surface area contributed by atoms with Crippen LogP contribution in [0.1, 0.15) is 31.9 Å². The maximum absolute atomic E-state index is 11.7. The number of rotatable bonds is 7. The van der Waals surface area contributed by atoms with E-state index in [4.69, 9.17) is 10.5 Å². The number of hydrogen-bond acceptors (Lipinski definition) is 3. The molecule has 0 fully saturated rings. The van der Waals surface area contributed by atoms with Crippen molar-refractivity contribution in [3.05, 3.63) is 35.4 Å². The molecule has 4 heteroatoms. The lowest BCUT2D eigenvalue weighted by molar-refractivity contribution is -0.146. The van der Waals surface area contributed by atoms with Crippen molar-refractivity contribution in [1.82, 2.24) is 0 Å². The number of ether oxygens (including phenoxy) is 1. The van der Waals surface area contributed by atoms with Crippen molar-refractivity contribution in [3.8, 4) is 0 Å². The van der Waals surface area contributed by atoms with Gasteiger partial charge >= 0.3 is 5.97 Å². The van der Waals surface area contributed by atoms with Gasteiger partial charge in [0.2, 0.25) is 0 Å².